The van der Waals surface area contributed by atoms with Crippen LogP contribution in [0.5, 0.6) is 0 Å². The van der Waals surface area contributed by atoms with Crippen molar-refractivity contribution in [3.05, 3.63) is 28.2 Å². The Labute approximate surface area is 77.3 Å². The van der Waals surface area contributed by atoms with Crippen LogP contribution in [0.1, 0.15) is 5.56 Å². The smallest absolute Gasteiger partial charge is 0.166 e. The summed E-state index contributed by atoms with van der Waals surface area (Å²) in [5.41, 5.74) is -0.0203. The van der Waals surface area contributed by atoms with E-state index in [1.54, 1.807) is 7.85 Å². The van der Waals surface area contributed by atoms with Gasteiger partial charge in [0.1, 0.15) is 7.85 Å². The fourth-order valence-corrected chi connectivity index (χ4v) is 1.07. The normalized spacial score (nSPS) is 11.7. The van der Waals surface area contributed by atoms with E-state index in [-0.39, 0.29) is 0 Å². The molecule has 0 bridgehead atoms. The van der Waals surface area contributed by atoms with Crippen LogP contribution in [0.2, 0.25) is 0 Å². The maximum atomic E-state index is 12.1. The summed E-state index contributed by atoms with van der Waals surface area (Å²) in [4.78, 5) is 0. The Hall–Kier alpha value is -0.445. The number of benzene rings is 1. The summed E-state index contributed by atoms with van der Waals surface area (Å²) >= 11 is 3.13. The van der Waals surface area contributed by atoms with Gasteiger partial charge in [0.2, 0.25) is 0 Å². The van der Waals surface area contributed by atoms with E-state index in [1.807, 2.05) is 0 Å². The molecule has 0 nitrogen and oxygen atoms in total. The molecule has 0 fully saturated rings. The predicted molar refractivity (Wildman–Crippen MR) is 47.3 cm³/mol. The summed E-state index contributed by atoms with van der Waals surface area (Å²) in [6, 6.07) is 3.57. The Morgan fingerprint density at radius 3 is 2.25 bits per heavy atom. The highest BCUT2D eigenvalue weighted by atomic mass is 79.9. The molecule has 0 atom stereocenters. The summed E-state index contributed by atoms with van der Waals surface area (Å²) < 4.78 is 36.9. The standard InChI is InChI=1S/C7H5BBrF3/c8-5-3-4(7(10,11)12)1-2-6(5)9/h1-3H,8H2. The van der Waals surface area contributed by atoms with E-state index in [2.05, 4.69) is 15.9 Å². The molecule has 0 amide bonds. The second kappa shape index (κ2) is 3.13. The van der Waals surface area contributed by atoms with Crippen molar-refractivity contribution < 1.29 is 13.2 Å². The second-order valence-electron chi connectivity index (χ2n) is 2.46. The van der Waals surface area contributed by atoms with Crippen molar-refractivity contribution in [2.24, 2.45) is 0 Å². The summed E-state index contributed by atoms with van der Waals surface area (Å²) in [5.74, 6) is 0. The quantitative estimate of drug-likeness (QED) is 0.602. The Kier molecular flexibility index (Phi) is 2.51. The van der Waals surface area contributed by atoms with E-state index < -0.39 is 11.7 Å². The summed E-state index contributed by atoms with van der Waals surface area (Å²) in [5, 5.41) is 0. The number of alkyl halides is 3. The molecule has 0 aliphatic heterocycles. The number of hydrogen-bond acceptors (Lipinski definition) is 0. The van der Waals surface area contributed by atoms with Gasteiger partial charge in [0.15, 0.2) is 0 Å². The molecular weight excluding hydrogens is 232 g/mol. The van der Waals surface area contributed by atoms with E-state index in [4.69, 9.17) is 0 Å². The van der Waals surface area contributed by atoms with Crippen LogP contribution in [0.4, 0.5) is 13.2 Å². The zero-order valence-electron chi connectivity index (χ0n) is 6.24. The zero-order chi connectivity index (χ0) is 9.35. The van der Waals surface area contributed by atoms with E-state index in [9.17, 15) is 13.2 Å². The highest BCUT2D eigenvalue weighted by Crippen LogP contribution is 2.28. The first-order chi connectivity index (χ1) is 5.41. The Bertz CT molecular complexity index is 295. The van der Waals surface area contributed by atoms with Gasteiger partial charge >= 0.3 is 6.18 Å². The van der Waals surface area contributed by atoms with Gasteiger partial charge in [0.25, 0.3) is 0 Å². The molecule has 12 heavy (non-hydrogen) atoms. The van der Waals surface area contributed by atoms with Crippen molar-refractivity contribution in [3.8, 4) is 0 Å². The fourth-order valence-electron chi connectivity index (χ4n) is 0.821. The van der Waals surface area contributed by atoms with Crippen molar-refractivity contribution in [3.63, 3.8) is 0 Å². The average molecular weight is 237 g/mol. The molecule has 0 radical (unpaired) electrons. The SMILES string of the molecule is Bc1cc(C(F)(F)F)ccc1Br. The van der Waals surface area contributed by atoms with Crippen molar-refractivity contribution >= 4 is 29.2 Å². The predicted octanol–water partition coefficient (Wildman–Crippen LogP) is 1.73. The molecule has 1 aromatic carbocycles. The highest BCUT2D eigenvalue weighted by Gasteiger charge is 2.30. The molecule has 0 saturated heterocycles. The van der Waals surface area contributed by atoms with Gasteiger partial charge < -0.3 is 0 Å². The topological polar surface area (TPSA) is 0 Å². The summed E-state index contributed by atoms with van der Waals surface area (Å²) in [7, 11) is 1.62. The molecule has 1 aromatic rings. The maximum Gasteiger partial charge on any atom is 0.416 e. The van der Waals surface area contributed by atoms with Crippen molar-refractivity contribution in [2.75, 3.05) is 0 Å². The highest BCUT2D eigenvalue weighted by molar-refractivity contribution is 9.10. The third kappa shape index (κ3) is 2.03. The van der Waals surface area contributed by atoms with Gasteiger partial charge in [-0.15, -0.1) is 0 Å². The molecule has 0 unspecified atom stereocenters. The molecule has 0 aromatic heterocycles. The molecule has 64 valence electrons. The second-order valence-corrected chi connectivity index (χ2v) is 3.32. The monoisotopic (exact) mass is 236 g/mol. The Morgan fingerprint density at radius 1 is 1.25 bits per heavy atom. The molecule has 5 heteroatoms. The van der Waals surface area contributed by atoms with Crippen LogP contribution in [0, 0.1) is 0 Å². The molecule has 0 N–H and O–H groups in total. The lowest BCUT2D eigenvalue weighted by Gasteiger charge is -2.07. The van der Waals surface area contributed by atoms with Gasteiger partial charge in [-0.3, -0.25) is 0 Å². The van der Waals surface area contributed by atoms with Gasteiger partial charge in [0.05, 0.1) is 5.56 Å². The molecular formula is C7H5BBrF3. The number of halogens is 4. The zero-order valence-corrected chi connectivity index (χ0v) is 7.83. The van der Waals surface area contributed by atoms with Crippen LogP contribution in [-0.2, 0) is 6.18 Å². The fraction of sp³-hybridized carbons (Fsp3) is 0.143. The van der Waals surface area contributed by atoms with Crippen molar-refractivity contribution in [1.82, 2.24) is 0 Å². The Morgan fingerprint density at radius 2 is 1.83 bits per heavy atom. The number of hydrogen-bond donors (Lipinski definition) is 0. The van der Waals surface area contributed by atoms with Gasteiger partial charge in [0, 0.05) is 4.47 Å². The van der Waals surface area contributed by atoms with Crippen LogP contribution in [0.15, 0.2) is 22.7 Å². The average Bonchev–Trinajstić information content (AvgIpc) is 1.92. The van der Waals surface area contributed by atoms with E-state index >= 15 is 0 Å². The number of rotatable bonds is 0. The van der Waals surface area contributed by atoms with Crippen LogP contribution in [0.25, 0.3) is 0 Å². The maximum absolute atomic E-state index is 12.1. The minimum absolute atomic E-state index is 0.588. The van der Waals surface area contributed by atoms with Crippen molar-refractivity contribution in [1.29, 1.82) is 0 Å². The van der Waals surface area contributed by atoms with E-state index in [0.29, 0.717) is 9.94 Å². The molecule has 0 saturated carbocycles. The van der Waals surface area contributed by atoms with Gasteiger partial charge in [-0.25, -0.2) is 0 Å². The molecule has 0 aliphatic rings. The summed E-state index contributed by atoms with van der Waals surface area (Å²) in [6.07, 6.45) is -4.24. The third-order valence-corrected chi connectivity index (χ3v) is 2.38. The van der Waals surface area contributed by atoms with Crippen LogP contribution < -0.4 is 5.46 Å². The van der Waals surface area contributed by atoms with Crippen LogP contribution in [0.3, 0.4) is 0 Å². The largest absolute Gasteiger partial charge is 0.416 e. The molecule has 0 aliphatic carbocycles. The van der Waals surface area contributed by atoms with Crippen LogP contribution >= 0.6 is 15.9 Å². The van der Waals surface area contributed by atoms with Gasteiger partial charge in [-0.1, -0.05) is 27.5 Å². The first kappa shape index (κ1) is 9.64. The minimum Gasteiger partial charge on any atom is -0.166 e. The van der Waals surface area contributed by atoms with E-state index in [0.717, 1.165) is 12.1 Å². The first-order valence-corrected chi connectivity index (χ1v) is 4.04. The van der Waals surface area contributed by atoms with E-state index in [1.165, 1.54) is 6.07 Å². The summed E-state index contributed by atoms with van der Waals surface area (Å²) in [6.45, 7) is 0. The molecule has 0 spiro atoms. The minimum atomic E-state index is -4.24. The van der Waals surface area contributed by atoms with Crippen LogP contribution in [-0.4, -0.2) is 7.85 Å². The molecule has 1 rings (SSSR count). The lowest BCUT2D eigenvalue weighted by atomic mass is 9.94. The van der Waals surface area contributed by atoms with Crippen molar-refractivity contribution in [2.45, 2.75) is 6.18 Å². The Balaban J connectivity index is 3.14. The van der Waals surface area contributed by atoms with Gasteiger partial charge in [-0.05, 0) is 12.1 Å². The molecule has 0 heterocycles. The third-order valence-electron chi connectivity index (χ3n) is 1.49. The lowest BCUT2D eigenvalue weighted by Crippen LogP contribution is -2.12. The van der Waals surface area contributed by atoms with Gasteiger partial charge in [-0.2, -0.15) is 13.2 Å². The first-order valence-electron chi connectivity index (χ1n) is 3.24. The lowest BCUT2D eigenvalue weighted by molar-refractivity contribution is -0.137.